The number of hydrogen-bond acceptors (Lipinski definition) is 3. The topological polar surface area (TPSA) is 75.3 Å². The zero-order chi connectivity index (χ0) is 19.1. The molecule has 2 rings (SSSR count). The molecule has 0 spiro atoms. The first-order valence-electron chi connectivity index (χ1n) is 7.65. The van der Waals surface area contributed by atoms with Crippen molar-refractivity contribution in [2.24, 2.45) is 0 Å². The van der Waals surface area contributed by atoms with E-state index in [1.165, 1.54) is 12.1 Å². The molecule has 0 saturated carbocycles. The highest BCUT2D eigenvalue weighted by Crippen LogP contribution is 2.19. The molecule has 0 saturated heterocycles. The molecule has 2 aromatic rings. The van der Waals surface area contributed by atoms with Crippen molar-refractivity contribution in [1.82, 2.24) is 5.32 Å². The summed E-state index contributed by atoms with van der Waals surface area (Å²) in [6.07, 6.45) is -0.0280. The minimum atomic E-state index is -0.594. The first-order valence-corrected chi connectivity index (χ1v) is 8.41. The highest BCUT2D eigenvalue weighted by atomic mass is 35.5. The maximum absolute atomic E-state index is 13.0. The second-order valence-corrected chi connectivity index (χ2v) is 6.23. The van der Waals surface area contributed by atoms with Gasteiger partial charge >= 0.3 is 0 Å². The van der Waals surface area contributed by atoms with Crippen molar-refractivity contribution in [3.8, 4) is 0 Å². The molecule has 0 atom stereocenters. The van der Waals surface area contributed by atoms with Crippen molar-refractivity contribution in [3.05, 3.63) is 63.9 Å². The minimum absolute atomic E-state index is 0.0165. The molecule has 0 aliphatic rings. The number of amides is 2. The predicted octanol–water partition coefficient (Wildman–Crippen LogP) is 3.85. The summed E-state index contributed by atoms with van der Waals surface area (Å²) in [5.74, 6) is -1.71. The van der Waals surface area contributed by atoms with Crippen LogP contribution in [0, 0.1) is 5.82 Å². The fourth-order valence-electron chi connectivity index (χ4n) is 2.05. The number of Topliss-reactive ketones (excluding diaryl/α,β-unsaturated/α-hetero) is 1. The predicted molar refractivity (Wildman–Crippen MR) is 98.1 cm³/mol. The molecule has 8 heteroatoms. The van der Waals surface area contributed by atoms with Crippen molar-refractivity contribution in [2.45, 2.75) is 12.8 Å². The van der Waals surface area contributed by atoms with E-state index in [-0.39, 0.29) is 30.2 Å². The van der Waals surface area contributed by atoms with Crippen LogP contribution in [0.15, 0.2) is 42.5 Å². The number of carbonyl (C=O) groups excluding carboxylic acids is 3. The number of halogens is 3. The van der Waals surface area contributed by atoms with Crippen LogP contribution in [-0.4, -0.2) is 24.1 Å². The fraction of sp³-hybridized carbons (Fsp3) is 0.167. The summed E-state index contributed by atoms with van der Waals surface area (Å²) in [6, 6.07) is 10.1. The van der Waals surface area contributed by atoms with Crippen molar-refractivity contribution < 1.29 is 18.8 Å². The summed E-state index contributed by atoms with van der Waals surface area (Å²) >= 11 is 11.4. The summed E-state index contributed by atoms with van der Waals surface area (Å²) in [6.45, 7) is -0.275. The Balaban J connectivity index is 1.73. The molecule has 0 radical (unpaired) electrons. The standard InChI is InChI=1S/C18H15Cl2FN2O3/c19-12-3-1-11(2-4-12)16(24)7-8-17(25)22-10-18(26)23-13-5-6-15(21)14(20)9-13/h1-6,9H,7-8,10H2,(H,22,25)(H,23,26). The first-order chi connectivity index (χ1) is 12.3. The number of hydrogen-bond donors (Lipinski definition) is 2. The molecule has 136 valence electrons. The number of ketones is 1. The minimum Gasteiger partial charge on any atom is -0.347 e. The molecule has 2 N–H and O–H groups in total. The lowest BCUT2D eigenvalue weighted by Gasteiger charge is -2.07. The molecule has 5 nitrogen and oxygen atoms in total. The van der Waals surface area contributed by atoms with Crippen LogP contribution in [0.2, 0.25) is 10.0 Å². The maximum Gasteiger partial charge on any atom is 0.243 e. The van der Waals surface area contributed by atoms with Gasteiger partial charge in [-0.25, -0.2) is 4.39 Å². The lowest BCUT2D eigenvalue weighted by atomic mass is 10.1. The largest absolute Gasteiger partial charge is 0.347 e. The van der Waals surface area contributed by atoms with E-state index in [4.69, 9.17) is 23.2 Å². The SMILES string of the molecule is O=C(CCC(=O)c1ccc(Cl)cc1)NCC(=O)Nc1ccc(F)c(Cl)c1. The van der Waals surface area contributed by atoms with Gasteiger partial charge in [-0.3, -0.25) is 14.4 Å². The smallest absolute Gasteiger partial charge is 0.243 e. The molecule has 2 amide bonds. The van der Waals surface area contributed by atoms with Crippen LogP contribution < -0.4 is 10.6 Å². The Labute approximate surface area is 159 Å². The van der Waals surface area contributed by atoms with E-state index in [1.807, 2.05) is 0 Å². The van der Waals surface area contributed by atoms with Crippen molar-refractivity contribution in [2.75, 3.05) is 11.9 Å². The average molecular weight is 397 g/mol. The number of rotatable bonds is 7. The van der Waals surface area contributed by atoms with Gasteiger partial charge in [0.15, 0.2) is 5.78 Å². The van der Waals surface area contributed by atoms with E-state index in [0.29, 0.717) is 16.3 Å². The third-order valence-corrected chi connectivity index (χ3v) is 3.94. The van der Waals surface area contributed by atoms with E-state index in [1.54, 1.807) is 24.3 Å². The van der Waals surface area contributed by atoms with E-state index in [2.05, 4.69) is 10.6 Å². The Morgan fingerprint density at radius 3 is 2.27 bits per heavy atom. The lowest BCUT2D eigenvalue weighted by Crippen LogP contribution is -2.33. The first kappa shape index (κ1) is 19.9. The van der Waals surface area contributed by atoms with Gasteiger partial charge in [-0.15, -0.1) is 0 Å². The Bertz CT molecular complexity index is 826. The Morgan fingerprint density at radius 2 is 1.62 bits per heavy atom. The summed E-state index contributed by atoms with van der Waals surface area (Å²) in [4.78, 5) is 35.5. The van der Waals surface area contributed by atoms with E-state index >= 15 is 0 Å². The van der Waals surface area contributed by atoms with Gasteiger partial charge in [-0.05, 0) is 42.5 Å². The molecular weight excluding hydrogens is 382 g/mol. The number of benzene rings is 2. The molecule has 0 aliphatic heterocycles. The van der Waals surface area contributed by atoms with Crippen LogP contribution in [0.3, 0.4) is 0 Å². The van der Waals surface area contributed by atoms with Gasteiger partial charge in [0.1, 0.15) is 5.82 Å². The maximum atomic E-state index is 13.0. The number of nitrogens with one attached hydrogen (secondary N) is 2. The van der Waals surface area contributed by atoms with Crippen LogP contribution in [0.4, 0.5) is 10.1 Å². The van der Waals surface area contributed by atoms with Crippen LogP contribution in [0.5, 0.6) is 0 Å². The molecule has 0 aromatic heterocycles. The van der Waals surface area contributed by atoms with Gasteiger partial charge in [-0.2, -0.15) is 0 Å². The molecule has 0 fully saturated rings. The molecule has 0 bridgehead atoms. The molecule has 0 aliphatic carbocycles. The summed E-state index contributed by atoms with van der Waals surface area (Å²) < 4.78 is 13.0. The zero-order valence-electron chi connectivity index (χ0n) is 13.5. The normalized spacial score (nSPS) is 10.3. The third-order valence-electron chi connectivity index (χ3n) is 3.39. The van der Waals surface area contributed by atoms with Crippen molar-refractivity contribution in [3.63, 3.8) is 0 Å². The second kappa shape index (κ2) is 9.31. The molecule has 0 heterocycles. The van der Waals surface area contributed by atoms with Gasteiger partial charge < -0.3 is 10.6 Å². The van der Waals surface area contributed by atoms with E-state index in [0.717, 1.165) is 6.07 Å². The van der Waals surface area contributed by atoms with Crippen LogP contribution in [-0.2, 0) is 9.59 Å². The Morgan fingerprint density at radius 1 is 0.923 bits per heavy atom. The van der Waals surface area contributed by atoms with Crippen molar-refractivity contribution in [1.29, 1.82) is 0 Å². The quantitative estimate of drug-likeness (QED) is 0.697. The molecular formula is C18H15Cl2FN2O3. The van der Waals surface area contributed by atoms with Gasteiger partial charge in [-0.1, -0.05) is 23.2 Å². The highest BCUT2D eigenvalue weighted by molar-refractivity contribution is 6.31. The fourth-order valence-corrected chi connectivity index (χ4v) is 2.36. The van der Waals surface area contributed by atoms with Crippen LogP contribution in [0.25, 0.3) is 0 Å². The average Bonchev–Trinajstić information content (AvgIpc) is 2.61. The number of carbonyl (C=O) groups is 3. The summed E-state index contributed by atoms with van der Waals surface area (Å²) in [7, 11) is 0. The van der Waals surface area contributed by atoms with Crippen LogP contribution >= 0.6 is 23.2 Å². The highest BCUT2D eigenvalue weighted by Gasteiger charge is 2.11. The molecule has 26 heavy (non-hydrogen) atoms. The monoisotopic (exact) mass is 396 g/mol. The second-order valence-electron chi connectivity index (χ2n) is 5.38. The van der Waals surface area contributed by atoms with Gasteiger partial charge in [0.05, 0.1) is 11.6 Å². The lowest BCUT2D eigenvalue weighted by molar-refractivity contribution is -0.124. The summed E-state index contributed by atoms with van der Waals surface area (Å²) in [5, 5.41) is 5.29. The molecule has 2 aromatic carbocycles. The Kier molecular flexibility index (Phi) is 7.12. The van der Waals surface area contributed by atoms with Gasteiger partial charge in [0, 0.05) is 29.1 Å². The van der Waals surface area contributed by atoms with Gasteiger partial charge in [0.2, 0.25) is 11.8 Å². The van der Waals surface area contributed by atoms with Crippen molar-refractivity contribution >= 4 is 46.5 Å². The van der Waals surface area contributed by atoms with Gasteiger partial charge in [0.25, 0.3) is 0 Å². The van der Waals surface area contributed by atoms with Crippen LogP contribution in [0.1, 0.15) is 23.2 Å². The third kappa shape index (κ3) is 6.13. The number of anilines is 1. The zero-order valence-corrected chi connectivity index (χ0v) is 15.0. The summed E-state index contributed by atoms with van der Waals surface area (Å²) in [5.41, 5.74) is 0.779. The Hall–Kier alpha value is -2.44. The molecule has 0 unspecified atom stereocenters. The van der Waals surface area contributed by atoms with E-state index in [9.17, 15) is 18.8 Å². The van der Waals surface area contributed by atoms with E-state index < -0.39 is 17.6 Å².